The zero-order chi connectivity index (χ0) is 11.7. The highest BCUT2D eigenvalue weighted by Crippen LogP contribution is 2.30. The summed E-state index contributed by atoms with van der Waals surface area (Å²) < 4.78 is 12.9. The lowest BCUT2D eigenvalue weighted by Crippen LogP contribution is -1.95. The number of aromatic nitrogens is 1. The van der Waals surface area contributed by atoms with E-state index >= 15 is 0 Å². The zero-order valence-electron chi connectivity index (χ0n) is 8.67. The summed E-state index contributed by atoms with van der Waals surface area (Å²) in [7, 11) is 0. The smallest absolute Gasteiger partial charge is 0.124 e. The molecule has 0 amide bonds. The van der Waals surface area contributed by atoms with E-state index in [0.29, 0.717) is 22.0 Å². The van der Waals surface area contributed by atoms with Gasteiger partial charge in [-0.1, -0.05) is 11.6 Å². The van der Waals surface area contributed by atoms with E-state index in [4.69, 9.17) is 17.3 Å². The average molecular weight is 237 g/mol. The quantitative estimate of drug-likeness (QED) is 0.824. The minimum atomic E-state index is -0.376. The first-order valence-electron chi connectivity index (χ1n) is 4.75. The molecule has 0 saturated heterocycles. The summed E-state index contributed by atoms with van der Waals surface area (Å²) in [5, 5.41) is 0.308. The molecule has 0 spiro atoms. The average Bonchev–Trinajstić information content (AvgIpc) is 2.19. The van der Waals surface area contributed by atoms with Crippen LogP contribution in [0.1, 0.15) is 5.56 Å². The van der Waals surface area contributed by atoms with E-state index in [0.717, 1.165) is 5.56 Å². The molecule has 0 saturated carbocycles. The van der Waals surface area contributed by atoms with Crippen LogP contribution in [0.15, 0.2) is 30.5 Å². The Kier molecular flexibility index (Phi) is 2.79. The van der Waals surface area contributed by atoms with Crippen LogP contribution in [0.4, 0.5) is 10.1 Å². The number of benzene rings is 1. The number of nitrogens with two attached hydrogens (primary N) is 1. The van der Waals surface area contributed by atoms with E-state index in [-0.39, 0.29) is 5.82 Å². The van der Waals surface area contributed by atoms with Gasteiger partial charge in [-0.05, 0) is 36.8 Å². The van der Waals surface area contributed by atoms with Gasteiger partial charge in [-0.3, -0.25) is 4.98 Å². The number of halogens is 2. The van der Waals surface area contributed by atoms with Crippen LogP contribution in [0, 0.1) is 12.7 Å². The lowest BCUT2D eigenvalue weighted by molar-refractivity contribution is 0.628. The first kappa shape index (κ1) is 10.9. The summed E-state index contributed by atoms with van der Waals surface area (Å²) in [5.41, 5.74) is 8.57. The summed E-state index contributed by atoms with van der Waals surface area (Å²) in [6, 6.07) is 5.97. The number of aryl methyl sites for hydroxylation is 1. The van der Waals surface area contributed by atoms with E-state index in [2.05, 4.69) is 4.98 Å². The Morgan fingerprint density at radius 1 is 1.31 bits per heavy atom. The molecule has 1 heterocycles. The topological polar surface area (TPSA) is 38.9 Å². The maximum Gasteiger partial charge on any atom is 0.124 e. The Hall–Kier alpha value is -1.61. The summed E-state index contributed by atoms with van der Waals surface area (Å²) in [5.74, 6) is -0.376. The van der Waals surface area contributed by atoms with Crippen LogP contribution in [0.2, 0.25) is 5.02 Å². The molecule has 0 aliphatic rings. The molecule has 1 aromatic heterocycles. The highest BCUT2D eigenvalue weighted by atomic mass is 35.5. The van der Waals surface area contributed by atoms with Crippen LogP contribution in [-0.2, 0) is 0 Å². The Labute approximate surface area is 97.9 Å². The molecule has 0 radical (unpaired) electrons. The van der Waals surface area contributed by atoms with E-state index in [1.54, 1.807) is 12.3 Å². The molecule has 2 rings (SSSR count). The lowest BCUT2D eigenvalue weighted by Gasteiger charge is -2.07. The number of hydrogen-bond donors (Lipinski definition) is 1. The Bertz CT molecular complexity index is 491. The van der Waals surface area contributed by atoms with Crippen LogP contribution in [0.25, 0.3) is 11.3 Å². The first-order valence-corrected chi connectivity index (χ1v) is 5.13. The van der Waals surface area contributed by atoms with E-state index in [1.165, 1.54) is 12.1 Å². The van der Waals surface area contributed by atoms with Crippen molar-refractivity contribution in [2.24, 2.45) is 0 Å². The highest BCUT2D eigenvalue weighted by Gasteiger charge is 2.09. The third-order valence-electron chi connectivity index (χ3n) is 2.24. The van der Waals surface area contributed by atoms with Crippen molar-refractivity contribution in [1.29, 1.82) is 0 Å². The molecular formula is C12H10ClFN2. The van der Waals surface area contributed by atoms with Gasteiger partial charge in [-0.2, -0.15) is 0 Å². The Morgan fingerprint density at radius 3 is 2.69 bits per heavy atom. The molecule has 0 aliphatic carbocycles. The minimum absolute atomic E-state index is 0.308. The van der Waals surface area contributed by atoms with Crippen molar-refractivity contribution < 1.29 is 4.39 Å². The van der Waals surface area contributed by atoms with Crippen LogP contribution >= 0.6 is 11.6 Å². The maximum absolute atomic E-state index is 12.9. The van der Waals surface area contributed by atoms with Gasteiger partial charge in [0, 0.05) is 11.8 Å². The molecule has 4 heteroatoms. The standard InChI is InChI=1S/C12H10ClFN2/c1-7-4-11(15)12(16-6-7)9-3-2-8(14)5-10(9)13/h2-6H,15H2,1H3. The third-order valence-corrected chi connectivity index (χ3v) is 2.55. The van der Waals surface area contributed by atoms with Gasteiger partial charge in [0.1, 0.15) is 5.82 Å². The predicted octanol–water partition coefficient (Wildman–Crippen LogP) is 3.43. The second-order valence-electron chi connectivity index (χ2n) is 3.57. The largest absolute Gasteiger partial charge is 0.397 e. The molecule has 2 aromatic rings. The monoisotopic (exact) mass is 236 g/mol. The summed E-state index contributed by atoms with van der Waals surface area (Å²) in [4.78, 5) is 4.21. The van der Waals surface area contributed by atoms with Gasteiger partial charge < -0.3 is 5.73 Å². The molecule has 0 atom stereocenters. The van der Waals surface area contributed by atoms with Crippen LogP contribution < -0.4 is 5.73 Å². The number of nitrogen functional groups attached to an aromatic ring is 1. The van der Waals surface area contributed by atoms with Crippen molar-refractivity contribution in [3.05, 3.63) is 46.9 Å². The van der Waals surface area contributed by atoms with Gasteiger partial charge >= 0.3 is 0 Å². The molecule has 2 nitrogen and oxygen atoms in total. The van der Waals surface area contributed by atoms with E-state index in [9.17, 15) is 4.39 Å². The molecule has 1 aromatic carbocycles. The van der Waals surface area contributed by atoms with Crippen LogP contribution in [0.5, 0.6) is 0 Å². The third kappa shape index (κ3) is 1.99. The Balaban J connectivity index is 2.59. The van der Waals surface area contributed by atoms with Gasteiger partial charge in [0.15, 0.2) is 0 Å². The summed E-state index contributed by atoms with van der Waals surface area (Å²) in [6.45, 7) is 1.90. The second kappa shape index (κ2) is 4.10. The SMILES string of the molecule is Cc1cnc(-c2ccc(F)cc2Cl)c(N)c1. The minimum Gasteiger partial charge on any atom is -0.397 e. The lowest BCUT2D eigenvalue weighted by atomic mass is 10.1. The predicted molar refractivity (Wildman–Crippen MR) is 63.8 cm³/mol. The maximum atomic E-state index is 12.9. The molecule has 0 aliphatic heterocycles. The molecule has 0 bridgehead atoms. The van der Waals surface area contributed by atoms with Gasteiger partial charge in [0.25, 0.3) is 0 Å². The van der Waals surface area contributed by atoms with E-state index < -0.39 is 0 Å². The molecule has 2 N–H and O–H groups in total. The van der Waals surface area contributed by atoms with Crippen molar-refractivity contribution in [3.63, 3.8) is 0 Å². The number of anilines is 1. The van der Waals surface area contributed by atoms with Gasteiger partial charge in [0.2, 0.25) is 0 Å². The van der Waals surface area contributed by atoms with Gasteiger partial charge in [-0.15, -0.1) is 0 Å². The normalized spacial score (nSPS) is 10.4. The van der Waals surface area contributed by atoms with Crippen molar-refractivity contribution in [2.45, 2.75) is 6.92 Å². The fourth-order valence-electron chi connectivity index (χ4n) is 1.50. The summed E-state index contributed by atoms with van der Waals surface area (Å²) in [6.07, 6.45) is 1.70. The van der Waals surface area contributed by atoms with Gasteiger partial charge in [-0.25, -0.2) is 4.39 Å². The number of rotatable bonds is 1. The van der Waals surface area contributed by atoms with Crippen molar-refractivity contribution in [1.82, 2.24) is 4.98 Å². The molecule has 16 heavy (non-hydrogen) atoms. The zero-order valence-corrected chi connectivity index (χ0v) is 9.42. The second-order valence-corrected chi connectivity index (χ2v) is 3.98. The Morgan fingerprint density at radius 2 is 2.06 bits per heavy atom. The van der Waals surface area contributed by atoms with Crippen molar-refractivity contribution >= 4 is 17.3 Å². The van der Waals surface area contributed by atoms with Gasteiger partial charge in [0.05, 0.1) is 16.4 Å². The molecule has 82 valence electrons. The molecule has 0 unspecified atom stereocenters. The van der Waals surface area contributed by atoms with E-state index in [1.807, 2.05) is 13.0 Å². The highest BCUT2D eigenvalue weighted by molar-refractivity contribution is 6.33. The van der Waals surface area contributed by atoms with Crippen molar-refractivity contribution in [2.75, 3.05) is 5.73 Å². The fourth-order valence-corrected chi connectivity index (χ4v) is 1.76. The number of pyridine rings is 1. The molecular weight excluding hydrogens is 227 g/mol. The van der Waals surface area contributed by atoms with Crippen LogP contribution in [-0.4, -0.2) is 4.98 Å². The molecule has 0 fully saturated rings. The van der Waals surface area contributed by atoms with Crippen molar-refractivity contribution in [3.8, 4) is 11.3 Å². The number of nitrogens with zero attached hydrogens (tertiary/aromatic N) is 1. The summed E-state index contributed by atoms with van der Waals surface area (Å²) >= 11 is 5.94. The fraction of sp³-hybridized carbons (Fsp3) is 0.0833. The first-order chi connectivity index (χ1) is 7.58. The van der Waals surface area contributed by atoms with Crippen LogP contribution in [0.3, 0.4) is 0 Å². The number of hydrogen-bond acceptors (Lipinski definition) is 2.